The zero-order valence-electron chi connectivity index (χ0n) is 14.0. The number of nitrogens with zero attached hydrogens (tertiary/aromatic N) is 3. The third-order valence-corrected chi connectivity index (χ3v) is 4.95. The Morgan fingerprint density at radius 2 is 1.96 bits per heavy atom. The fourth-order valence-electron chi connectivity index (χ4n) is 2.79. The second kappa shape index (κ2) is 7.21. The molecule has 4 aromatic rings. The molecule has 0 unspecified atom stereocenters. The fourth-order valence-corrected chi connectivity index (χ4v) is 3.71. The first-order valence-corrected chi connectivity index (χ1v) is 9.14. The van der Waals surface area contributed by atoms with Crippen LogP contribution in [0, 0.1) is 0 Å². The highest BCUT2D eigenvalue weighted by Gasteiger charge is 2.13. The lowest BCUT2D eigenvalue weighted by Gasteiger charge is -2.07. The first-order valence-electron chi connectivity index (χ1n) is 8.26. The van der Waals surface area contributed by atoms with Gasteiger partial charge in [0.15, 0.2) is 0 Å². The highest BCUT2D eigenvalue weighted by molar-refractivity contribution is 7.18. The minimum Gasteiger partial charge on any atom is -0.465 e. The van der Waals surface area contributed by atoms with Crippen LogP contribution in [-0.2, 0) is 18.4 Å². The van der Waals surface area contributed by atoms with Gasteiger partial charge in [-0.2, -0.15) is 4.98 Å². The number of thiophene rings is 1. The Balaban J connectivity index is 1.33. The van der Waals surface area contributed by atoms with Gasteiger partial charge in [0, 0.05) is 13.5 Å². The Morgan fingerprint density at radius 1 is 1.08 bits per heavy atom. The molecule has 1 aromatic carbocycles. The number of aryl methyl sites for hydroxylation is 1. The Kier molecular flexibility index (Phi) is 4.63. The fraction of sp³-hybridized carbons (Fsp3) is 0.263. The predicted octanol–water partition coefficient (Wildman–Crippen LogP) is 4.17. The molecule has 0 spiro atoms. The average Bonchev–Trinajstić information content (AvgIpc) is 3.23. The van der Waals surface area contributed by atoms with E-state index in [1.54, 1.807) is 17.5 Å². The molecule has 0 aliphatic rings. The van der Waals surface area contributed by atoms with Crippen molar-refractivity contribution >= 4 is 32.6 Å². The highest BCUT2D eigenvalue weighted by Crippen LogP contribution is 2.30. The Bertz CT molecular complexity index is 978. The van der Waals surface area contributed by atoms with Crippen molar-refractivity contribution in [2.75, 3.05) is 13.2 Å². The van der Waals surface area contributed by atoms with Crippen LogP contribution in [-0.4, -0.2) is 27.7 Å². The number of hydrogen-bond acceptors (Lipinski definition) is 5. The zero-order chi connectivity index (χ0) is 17.1. The molecule has 0 fully saturated rings. The molecule has 3 heterocycles. The largest absolute Gasteiger partial charge is 0.465 e. The van der Waals surface area contributed by atoms with Crippen LogP contribution >= 0.6 is 11.3 Å². The van der Waals surface area contributed by atoms with Crippen molar-refractivity contribution in [1.82, 2.24) is 14.5 Å². The van der Waals surface area contributed by atoms with Crippen LogP contribution in [0.1, 0.15) is 12.0 Å². The summed E-state index contributed by atoms with van der Waals surface area (Å²) in [6.45, 7) is 1.87. The highest BCUT2D eigenvalue weighted by atomic mass is 32.1. The summed E-state index contributed by atoms with van der Waals surface area (Å²) in [4.78, 5) is 8.98. The van der Waals surface area contributed by atoms with Crippen molar-refractivity contribution in [2.45, 2.75) is 13.0 Å². The molecule has 0 saturated heterocycles. The minimum absolute atomic E-state index is 0.576. The lowest BCUT2D eigenvalue weighted by molar-refractivity contribution is 0.105. The summed E-state index contributed by atoms with van der Waals surface area (Å²) in [6.07, 6.45) is 2.63. The van der Waals surface area contributed by atoms with Gasteiger partial charge in [0.05, 0.1) is 41.8 Å². The van der Waals surface area contributed by atoms with Gasteiger partial charge in [-0.1, -0.05) is 30.3 Å². The van der Waals surface area contributed by atoms with Gasteiger partial charge in [-0.25, -0.2) is 0 Å². The first kappa shape index (κ1) is 16.1. The lowest BCUT2D eigenvalue weighted by Crippen LogP contribution is -2.06. The van der Waals surface area contributed by atoms with Gasteiger partial charge in [-0.05, 0) is 17.0 Å². The van der Waals surface area contributed by atoms with Gasteiger partial charge in [0.25, 0.3) is 6.01 Å². The van der Waals surface area contributed by atoms with Gasteiger partial charge in [-0.15, -0.1) is 11.3 Å². The van der Waals surface area contributed by atoms with Crippen LogP contribution in [0.25, 0.3) is 21.3 Å². The molecule has 0 aliphatic heterocycles. The number of fused-ring (bicyclic) bond motifs is 3. The zero-order valence-corrected chi connectivity index (χ0v) is 14.8. The number of aromatic nitrogens is 3. The number of imidazole rings is 1. The van der Waals surface area contributed by atoms with Crippen molar-refractivity contribution in [3.8, 4) is 6.01 Å². The van der Waals surface area contributed by atoms with Crippen molar-refractivity contribution in [3.05, 3.63) is 53.5 Å². The predicted molar refractivity (Wildman–Crippen MR) is 100 cm³/mol. The monoisotopic (exact) mass is 353 g/mol. The summed E-state index contributed by atoms with van der Waals surface area (Å²) >= 11 is 1.68. The molecule has 0 amide bonds. The van der Waals surface area contributed by atoms with Crippen LogP contribution in [0.4, 0.5) is 0 Å². The summed E-state index contributed by atoms with van der Waals surface area (Å²) in [5.74, 6) is 0. The SMILES string of the molecule is Cn1c(OCCCOCc2ccccc2)nc2cnc3ccsc3c21. The molecule has 5 nitrogen and oxygen atoms in total. The summed E-state index contributed by atoms with van der Waals surface area (Å²) in [6, 6.07) is 12.8. The maximum atomic E-state index is 5.85. The van der Waals surface area contributed by atoms with Crippen LogP contribution in [0.5, 0.6) is 6.01 Å². The number of benzene rings is 1. The molecule has 0 atom stereocenters. The van der Waals surface area contributed by atoms with Gasteiger partial charge >= 0.3 is 0 Å². The molecular weight excluding hydrogens is 334 g/mol. The van der Waals surface area contributed by atoms with E-state index in [2.05, 4.69) is 27.5 Å². The molecule has 0 aliphatic carbocycles. The maximum absolute atomic E-state index is 5.85. The molecule has 0 saturated carbocycles. The van der Waals surface area contributed by atoms with Crippen LogP contribution in [0.3, 0.4) is 0 Å². The molecule has 4 rings (SSSR count). The molecule has 128 valence electrons. The molecule has 6 heteroatoms. The Hall–Kier alpha value is -2.44. The third-order valence-electron chi connectivity index (χ3n) is 4.04. The number of pyridine rings is 1. The van der Waals surface area contributed by atoms with Crippen LogP contribution < -0.4 is 4.74 Å². The van der Waals surface area contributed by atoms with E-state index in [4.69, 9.17) is 9.47 Å². The maximum Gasteiger partial charge on any atom is 0.297 e. The average molecular weight is 353 g/mol. The Morgan fingerprint density at radius 3 is 2.84 bits per heavy atom. The van der Waals surface area contributed by atoms with E-state index >= 15 is 0 Å². The van der Waals surface area contributed by atoms with Crippen molar-refractivity contribution in [1.29, 1.82) is 0 Å². The van der Waals surface area contributed by atoms with E-state index in [1.807, 2.05) is 35.9 Å². The summed E-state index contributed by atoms with van der Waals surface area (Å²) in [5.41, 5.74) is 4.13. The smallest absolute Gasteiger partial charge is 0.297 e. The number of rotatable bonds is 7. The topological polar surface area (TPSA) is 49.2 Å². The van der Waals surface area contributed by atoms with Gasteiger partial charge in [0.1, 0.15) is 5.52 Å². The van der Waals surface area contributed by atoms with E-state index < -0.39 is 0 Å². The molecular formula is C19H19N3O2S. The van der Waals surface area contributed by atoms with E-state index in [0.717, 1.165) is 27.7 Å². The third kappa shape index (κ3) is 3.36. The second-order valence-electron chi connectivity index (χ2n) is 5.82. The number of hydrogen-bond donors (Lipinski definition) is 0. The first-order chi connectivity index (χ1) is 12.3. The summed E-state index contributed by atoms with van der Waals surface area (Å²) in [7, 11) is 1.98. The number of ether oxygens (including phenoxy) is 2. The van der Waals surface area contributed by atoms with E-state index in [1.165, 1.54) is 5.56 Å². The molecule has 0 N–H and O–H groups in total. The van der Waals surface area contributed by atoms with Gasteiger partial charge in [0.2, 0.25) is 0 Å². The van der Waals surface area contributed by atoms with E-state index in [0.29, 0.717) is 25.8 Å². The quantitative estimate of drug-likeness (QED) is 0.468. The standard InChI is InChI=1S/C19H19N3O2S/c1-22-17-16(12-20-15-8-11-25-18(15)17)21-19(22)24-10-5-9-23-13-14-6-3-2-4-7-14/h2-4,6-8,11-12H,5,9-10,13H2,1H3. The van der Waals surface area contributed by atoms with Crippen LogP contribution in [0.2, 0.25) is 0 Å². The molecule has 0 radical (unpaired) electrons. The molecule has 3 aromatic heterocycles. The van der Waals surface area contributed by atoms with Gasteiger partial charge < -0.3 is 9.47 Å². The van der Waals surface area contributed by atoms with E-state index in [-0.39, 0.29) is 0 Å². The van der Waals surface area contributed by atoms with Crippen molar-refractivity contribution < 1.29 is 9.47 Å². The van der Waals surface area contributed by atoms with E-state index in [9.17, 15) is 0 Å². The van der Waals surface area contributed by atoms with Crippen LogP contribution in [0.15, 0.2) is 48.0 Å². The van der Waals surface area contributed by atoms with Crippen molar-refractivity contribution in [3.63, 3.8) is 0 Å². The Labute approximate surface area is 149 Å². The van der Waals surface area contributed by atoms with Gasteiger partial charge in [-0.3, -0.25) is 9.55 Å². The summed E-state index contributed by atoms with van der Waals surface area (Å²) < 4.78 is 14.7. The van der Waals surface area contributed by atoms with Crippen molar-refractivity contribution in [2.24, 2.45) is 7.05 Å². The summed E-state index contributed by atoms with van der Waals surface area (Å²) in [5, 5.41) is 2.05. The second-order valence-corrected chi connectivity index (χ2v) is 6.74. The molecule has 25 heavy (non-hydrogen) atoms. The minimum atomic E-state index is 0.576. The normalized spacial score (nSPS) is 11.4. The molecule has 0 bridgehead atoms. The lowest BCUT2D eigenvalue weighted by atomic mass is 10.2.